The van der Waals surface area contributed by atoms with Crippen molar-refractivity contribution in [3.05, 3.63) is 52.5 Å². The summed E-state index contributed by atoms with van der Waals surface area (Å²) in [5.74, 6) is -0.0928. The van der Waals surface area contributed by atoms with Crippen molar-refractivity contribution in [1.29, 1.82) is 0 Å². The minimum Gasteiger partial charge on any atom is -0.334 e. The molecule has 0 amide bonds. The number of hydrogen-bond donors (Lipinski definition) is 1. The van der Waals surface area contributed by atoms with Crippen LogP contribution in [0.3, 0.4) is 0 Å². The summed E-state index contributed by atoms with van der Waals surface area (Å²) in [7, 11) is 0. The Morgan fingerprint density at radius 1 is 1.20 bits per heavy atom. The molecule has 0 spiro atoms. The predicted octanol–water partition coefficient (Wildman–Crippen LogP) is 3.15. The second-order valence-electron chi connectivity index (χ2n) is 3.71. The van der Waals surface area contributed by atoms with Crippen molar-refractivity contribution in [2.24, 2.45) is 0 Å². The van der Waals surface area contributed by atoms with E-state index in [0.29, 0.717) is 0 Å². The van der Waals surface area contributed by atoms with Crippen LogP contribution in [0.25, 0.3) is 0 Å². The number of aromatic nitrogens is 2. The molecule has 6 nitrogen and oxygen atoms in total. The number of rotatable bonds is 3. The Bertz CT molecular complexity index is 628. The van der Waals surface area contributed by atoms with Crippen LogP contribution in [0.2, 0.25) is 0 Å². The van der Waals surface area contributed by atoms with Gasteiger partial charge in [-0.1, -0.05) is 0 Å². The summed E-state index contributed by atoms with van der Waals surface area (Å²) >= 11 is 0. The normalized spacial score (nSPS) is 11.2. The van der Waals surface area contributed by atoms with Gasteiger partial charge in [0.25, 0.3) is 0 Å². The van der Waals surface area contributed by atoms with Crippen molar-refractivity contribution in [2.75, 3.05) is 5.32 Å². The van der Waals surface area contributed by atoms with Crippen molar-refractivity contribution in [2.45, 2.75) is 6.18 Å². The van der Waals surface area contributed by atoms with Gasteiger partial charge in [0.05, 0.1) is 10.5 Å². The molecule has 0 aliphatic carbocycles. The van der Waals surface area contributed by atoms with Gasteiger partial charge in [-0.05, 0) is 24.3 Å². The van der Waals surface area contributed by atoms with Crippen LogP contribution in [-0.4, -0.2) is 14.9 Å². The molecular weight excluding hydrogens is 277 g/mol. The Labute approximate surface area is 110 Å². The smallest absolute Gasteiger partial charge is 0.334 e. The molecule has 9 heteroatoms. The molecule has 2 rings (SSSR count). The maximum absolute atomic E-state index is 12.4. The fourth-order valence-corrected chi connectivity index (χ4v) is 1.43. The summed E-state index contributed by atoms with van der Waals surface area (Å²) in [6.45, 7) is 0. The molecule has 1 heterocycles. The topological polar surface area (TPSA) is 81.0 Å². The van der Waals surface area contributed by atoms with E-state index in [1.807, 2.05) is 0 Å². The van der Waals surface area contributed by atoms with Crippen molar-refractivity contribution >= 4 is 17.2 Å². The van der Waals surface area contributed by atoms with Gasteiger partial charge in [0.1, 0.15) is 12.5 Å². The minimum absolute atomic E-state index is 0.0928. The Balaban J connectivity index is 2.25. The molecular formula is C11H7F3N4O2. The van der Waals surface area contributed by atoms with E-state index in [9.17, 15) is 23.3 Å². The molecule has 0 saturated heterocycles. The van der Waals surface area contributed by atoms with Gasteiger partial charge in [0, 0.05) is 5.69 Å². The van der Waals surface area contributed by atoms with E-state index >= 15 is 0 Å². The SMILES string of the molecule is O=[N+]([O-])c1cncnc1Nc1ccc(C(F)(F)F)cc1. The number of hydrogen-bond acceptors (Lipinski definition) is 5. The summed E-state index contributed by atoms with van der Waals surface area (Å²) in [5, 5.41) is 13.3. The molecule has 0 bridgehead atoms. The quantitative estimate of drug-likeness (QED) is 0.691. The van der Waals surface area contributed by atoms with Gasteiger partial charge in [0.2, 0.25) is 5.82 Å². The fraction of sp³-hybridized carbons (Fsp3) is 0.0909. The molecule has 1 aromatic carbocycles. The van der Waals surface area contributed by atoms with Crippen molar-refractivity contribution in [1.82, 2.24) is 9.97 Å². The Morgan fingerprint density at radius 2 is 1.85 bits per heavy atom. The van der Waals surface area contributed by atoms with E-state index in [1.54, 1.807) is 0 Å². The van der Waals surface area contributed by atoms with Crippen molar-refractivity contribution in [3.63, 3.8) is 0 Å². The van der Waals surface area contributed by atoms with E-state index in [-0.39, 0.29) is 17.2 Å². The number of anilines is 2. The average Bonchev–Trinajstić information content (AvgIpc) is 2.38. The van der Waals surface area contributed by atoms with Crippen LogP contribution in [0, 0.1) is 10.1 Å². The Morgan fingerprint density at radius 3 is 2.40 bits per heavy atom. The molecule has 0 aliphatic rings. The first-order valence-corrected chi connectivity index (χ1v) is 5.26. The zero-order chi connectivity index (χ0) is 14.8. The van der Waals surface area contributed by atoms with Crippen LogP contribution >= 0.6 is 0 Å². The van der Waals surface area contributed by atoms with Gasteiger partial charge in [-0.25, -0.2) is 9.97 Å². The second kappa shape index (κ2) is 5.11. The molecule has 20 heavy (non-hydrogen) atoms. The zero-order valence-electron chi connectivity index (χ0n) is 9.76. The number of alkyl halides is 3. The van der Waals surface area contributed by atoms with Crippen molar-refractivity contribution < 1.29 is 18.1 Å². The lowest BCUT2D eigenvalue weighted by atomic mass is 10.2. The molecule has 0 radical (unpaired) electrons. The summed E-state index contributed by atoms with van der Waals surface area (Å²) < 4.78 is 37.2. The Hall–Kier alpha value is -2.71. The number of halogens is 3. The van der Waals surface area contributed by atoms with E-state index in [2.05, 4.69) is 15.3 Å². The van der Waals surface area contributed by atoms with E-state index < -0.39 is 16.7 Å². The molecule has 0 saturated carbocycles. The van der Waals surface area contributed by atoms with Crippen LogP contribution in [0.15, 0.2) is 36.8 Å². The largest absolute Gasteiger partial charge is 0.416 e. The molecule has 0 atom stereocenters. The maximum Gasteiger partial charge on any atom is 0.416 e. The first-order chi connectivity index (χ1) is 9.38. The predicted molar refractivity (Wildman–Crippen MR) is 63.4 cm³/mol. The number of nitrogens with one attached hydrogen (secondary N) is 1. The first-order valence-electron chi connectivity index (χ1n) is 5.26. The molecule has 104 valence electrons. The van der Waals surface area contributed by atoms with Crippen LogP contribution in [-0.2, 0) is 6.18 Å². The average molecular weight is 284 g/mol. The van der Waals surface area contributed by atoms with Gasteiger partial charge >= 0.3 is 11.9 Å². The van der Waals surface area contributed by atoms with Gasteiger partial charge < -0.3 is 5.32 Å². The highest BCUT2D eigenvalue weighted by molar-refractivity contribution is 5.64. The monoisotopic (exact) mass is 284 g/mol. The number of benzene rings is 1. The maximum atomic E-state index is 12.4. The minimum atomic E-state index is -4.43. The summed E-state index contributed by atoms with van der Waals surface area (Å²) in [6, 6.07) is 4.06. The van der Waals surface area contributed by atoms with Gasteiger partial charge in [0.15, 0.2) is 0 Å². The van der Waals surface area contributed by atoms with Crippen molar-refractivity contribution in [3.8, 4) is 0 Å². The Kier molecular flexibility index (Phi) is 3.51. The van der Waals surface area contributed by atoms with Gasteiger partial charge in [-0.15, -0.1) is 0 Å². The highest BCUT2D eigenvalue weighted by Gasteiger charge is 2.30. The summed E-state index contributed by atoms with van der Waals surface area (Å²) in [4.78, 5) is 17.2. The molecule has 1 N–H and O–H groups in total. The fourth-order valence-electron chi connectivity index (χ4n) is 1.43. The van der Waals surface area contributed by atoms with E-state index in [4.69, 9.17) is 0 Å². The first kappa shape index (κ1) is 13.7. The molecule has 0 fully saturated rings. The van der Waals surface area contributed by atoms with E-state index in [1.165, 1.54) is 0 Å². The lowest BCUT2D eigenvalue weighted by Crippen LogP contribution is -2.05. The lowest BCUT2D eigenvalue weighted by molar-refractivity contribution is -0.384. The molecule has 0 aliphatic heterocycles. The highest BCUT2D eigenvalue weighted by atomic mass is 19.4. The molecule has 2 aromatic rings. The highest BCUT2D eigenvalue weighted by Crippen LogP contribution is 2.31. The number of nitro groups is 1. The van der Waals surface area contributed by atoms with E-state index in [0.717, 1.165) is 36.8 Å². The lowest BCUT2D eigenvalue weighted by Gasteiger charge is -2.08. The van der Waals surface area contributed by atoms with Crippen LogP contribution in [0.1, 0.15) is 5.56 Å². The second-order valence-corrected chi connectivity index (χ2v) is 3.71. The van der Waals surface area contributed by atoms with Crippen LogP contribution < -0.4 is 5.32 Å². The standard InChI is InChI=1S/C11H7F3N4O2/c12-11(13,14)7-1-3-8(4-2-7)17-10-9(18(19)20)5-15-6-16-10/h1-6H,(H,15,16,17). The summed E-state index contributed by atoms with van der Waals surface area (Å²) in [5.41, 5.74) is -0.924. The third-order valence-electron chi connectivity index (χ3n) is 2.36. The third kappa shape index (κ3) is 2.99. The summed E-state index contributed by atoms with van der Waals surface area (Å²) in [6.07, 6.45) is -2.34. The molecule has 1 aromatic heterocycles. The van der Waals surface area contributed by atoms with Crippen LogP contribution in [0.4, 0.5) is 30.4 Å². The number of nitrogens with zero attached hydrogens (tertiary/aromatic N) is 3. The molecule has 0 unspecified atom stereocenters. The van der Waals surface area contributed by atoms with Gasteiger partial charge in [-0.2, -0.15) is 13.2 Å². The third-order valence-corrected chi connectivity index (χ3v) is 2.36. The van der Waals surface area contributed by atoms with Gasteiger partial charge in [-0.3, -0.25) is 10.1 Å². The van der Waals surface area contributed by atoms with Crippen LogP contribution in [0.5, 0.6) is 0 Å². The zero-order valence-corrected chi connectivity index (χ0v) is 9.76.